The molecule has 1 aromatic rings. The van der Waals surface area contributed by atoms with Crippen molar-refractivity contribution in [1.29, 1.82) is 0 Å². The highest BCUT2D eigenvalue weighted by molar-refractivity contribution is 5.97. The number of nitrogens with zero attached hydrogens (tertiary/aromatic N) is 1. The Morgan fingerprint density at radius 1 is 1.19 bits per heavy atom. The number of rotatable bonds is 10. The van der Waals surface area contributed by atoms with Crippen LogP contribution in [-0.2, 0) is 4.79 Å². The first kappa shape index (κ1) is 25.2. The summed E-state index contributed by atoms with van der Waals surface area (Å²) in [6.07, 6.45) is 10.6. The molecular weight excluding hydrogens is 406 g/mol. The molecule has 0 heterocycles. The van der Waals surface area contributed by atoms with Crippen molar-refractivity contribution in [2.75, 3.05) is 20.8 Å². The van der Waals surface area contributed by atoms with Crippen LogP contribution in [0, 0.1) is 11.8 Å². The van der Waals surface area contributed by atoms with E-state index in [-0.39, 0.29) is 18.4 Å². The van der Waals surface area contributed by atoms with Gasteiger partial charge in [-0.25, -0.2) is 5.43 Å². The van der Waals surface area contributed by atoms with Crippen LogP contribution >= 0.6 is 0 Å². The van der Waals surface area contributed by atoms with Crippen molar-refractivity contribution in [2.24, 2.45) is 16.9 Å². The minimum atomic E-state index is -0.378. The summed E-state index contributed by atoms with van der Waals surface area (Å²) in [4.78, 5) is 24.3. The van der Waals surface area contributed by atoms with E-state index in [1.165, 1.54) is 25.4 Å². The smallest absolute Gasteiger partial charge is 0.259 e. The fraction of sp³-hybridized carbons (Fsp3) is 0.480. The van der Waals surface area contributed by atoms with Gasteiger partial charge in [0, 0.05) is 17.7 Å². The van der Waals surface area contributed by atoms with Gasteiger partial charge < -0.3 is 14.8 Å². The third-order valence-corrected chi connectivity index (χ3v) is 5.52. The summed E-state index contributed by atoms with van der Waals surface area (Å²) in [6.45, 7) is 6.30. The lowest BCUT2D eigenvalue weighted by Crippen LogP contribution is -2.35. The fourth-order valence-electron chi connectivity index (χ4n) is 3.63. The van der Waals surface area contributed by atoms with E-state index in [1.807, 2.05) is 6.21 Å². The van der Waals surface area contributed by atoms with Gasteiger partial charge in [0.25, 0.3) is 11.8 Å². The fourth-order valence-corrected chi connectivity index (χ4v) is 3.63. The van der Waals surface area contributed by atoms with E-state index in [0.717, 1.165) is 25.7 Å². The van der Waals surface area contributed by atoms with Crippen molar-refractivity contribution in [3.8, 4) is 11.5 Å². The lowest BCUT2D eigenvalue weighted by atomic mass is 9.80. The molecule has 2 unspecified atom stereocenters. The molecule has 1 aromatic carbocycles. The van der Waals surface area contributed by atoms with Gasteiger partial charge in [-0.15, -0.1) is 0 Å². The van der Waals surface area contributed by atoms with Crippen LogP contribution < -0.4 is 20.2 Å². The molecule has 0 fully saturated rings. The molecule has 0 saturated heterocycles. The number of hydrazone groups is 1. The number of methoxy groups -OCH3 is 2. The van der Waals surface area contributed by atoms with Gasteiger partial charge in [0.2, 0.25) is 0 Å². The number of benzene rings is 1. The molecule has 174 valence electrons. The number of allylic oxidation sites excluding steroid dienone is 4. The SMILES string of the molecule is COc1ccc(C(=O)NCC(=O)N/N=C\C2CC=C(CCC=C(C)C)CC2C)cc1OC. The van der Waals surface area contributed by atoms with Gasteiger partial charge in [-0.2, -0.15) is 5.10 Å². The van der Waals surface area contributed by atoms with E-state index in [9.17, 15) is 9.59 Å². The van der Waals surface area contributed by atoms with E-state index in [4.69, 9.17) is 9.47 Å². The van der Waals surface area contributed by atoms with Gasteiger partial charge in [-0.3, -0.25) is 9.59 Å². The lowest BCUT2D eigenvalue weighted by Gasteiger charge is -2.25. The van der Waals surface area contributed by atoms with Gasteiger partial charge in [0.1, 0.15) is 0 Å². The molecule has 0 spiro atoms. The highest BCUT2D eigenvalue weighted by Gasteiger charge is 2.20. The van der Waals surface area contributed by atoms with E-state index < -0.39 is 0 Å². The molecule has 0 radical (unpaired) electrons. The van der Waals surface area contributed by atoms with Crippen molar-refractivity contribution >= 4 is 18.0 Å². The van der Waals surface area contributed by atoms with Crippen LogP contribution in [0.1, 0.15) is 56.8 Å². The van der Waals surface area contributed by atoms with Crippen LogP contribution in [0.2, 0.25) is 0 Å². The molecule has 1 aliphatic rings. The van der Waals surface area contributed by atoms with Crippen LogP contribution in [0.5, 0.6) is 11.5 Å². The first-order valence-electron chi connectivity index (χ1n) is 11.0. The Balaban J connectivity index is 1.77. The van der Waals surface area contributed by atoms with E-state index in [1.54, 1.807) is 18.2 Å². The zero-order chi connectivity index (χ0) is 23.5. The predicted molar refractivity (Wildman–Crippen MR) is 127 cm³/mol. The highest BCUT2D eigenvalue weighted by Crippen LogP contribution is 2.30. The van der Waals surface area contributed by atoms with Crippen LogP contribution in [0.15, 0.2) is 46.6 Å². The Morgan fingerprint density at radius 2 is 1.94 bits per heavy atom. The summed E-state index contributed by atoms with van der Waals surface area (Å²) in [6, 6.07) is 4.82. The summed E-state index contributed by atoms with van der Waals surface area (Å²) in [7, 11) is 3.02. The van der Waals surface area contributed by atoms with E-state index in [2.05, 4.69) is 48.8 Å². The van der Waals surface area contributed by atoms with Crippen LogP contribution in [-0.4, -0.2) is 38.8 Å². The second kappa shape index (κ2) is 12.7. The number of amides is 2. The summed E-state index contributed by atoms with van der Waals surface area (Å²) in [5.41, 5.74) is 5.73. The summed E-state index contributed by atoms with van der Waals surface area (Å²) in [5, 5.41) is 6.69. The molecular formula is C25H35N3O4. The van der Waals surface area contributed by atoms with Crippen molar-refractivity contribution in [1.82, 2.24) is 10.7 Å². The van der Waals surface area contributed by atoms with Crippen LogP contribution in [0.4, 0.5) is 0 Å². The maximum absolute atomic E-state index is 12.3. The summed E-state index contributed by atoms with van der Waals surface area (Å²) >= 11 is 0. The Labute approximate surface area is 190 Å². The zero-order valence-electron chi connectivity index (χ0n) is 19.7. The summed E-state index contributed by atoms with van der Waals surface area (Å²) in [5.74, 6) is 0.997. The number of hydrogen-bond acceptors (Lipinski definition) is 5. The standard InChI is InChI=1S/C25H35N3O4/c1-17(2)7-6-8-19-9-10-21(18(3)13-19)15-27-28-24(29)16-26-25(30)20-11-12-22(31-4)23(14-20)32-5/h7,9,11-12,14-15,18,21H,6,8,10,13,16H2,1-5H3,(H,26,30)(H,28,29)/b27-15-. The minimum absolute atomic E-state index is 0.168. The van der Waals surface area contributed by atoms with Gasteiger partial charge in [-0.05, 0) is 63.6 Å². The molecule has 7 nitrogen and oxygen atoms in total. The second-order valence-electron chi connectivity index (χ2n) is 8.33. The molecule has 0 aromatic heterocycles. The first-order chi connectivity index (χ1) is 15.3. The largest absolute Gasteiger partial charge is 0.493 e. The Morgan fingerprint density at radius 3 is 2.59 bits per heavy atom. The molecule has 0 aliphatic heterocycles. The third-order valence-electron chi connectivity index (χ3n) is 5.52. The maximum Gasteiger partial charge on any atom is 0.259 e. The van der Waals surface area contributed by atoms with E-state index in [0.29, 0.717) is 28.9 Å². The van der Waals surface area contributed by atoms with Gasteiger partial charge in [-0.1, -0.05) is 30.2 Å². The molecule has 2 rings (SSSR count). The quantitative estimate of drug-likeness (QED) is 0.323. The normalized spacial score (nSPS) is 18.0. The molecule has 7 heteroatoms. The molecule has 2 N–H and O–H groups in total. The zero-order valence-corrected chi connectivity index (χ0v) is 19.7. The topological polar surface area (TPSA) is 89.0 Å². The van der Waals surface area contributed by atoms with Crippen LogP contribution in [0.3, 0.4) is 0 Å². The Hall–Kier alpha value is -3.09. The molecule has 2 amide bonds. The first-order valence-corrected chi connectivity index (χ1v) is 11.0. The number of carbonyl (C=O) groups excluding carboxylic acids is 2. The van der Waals surface area contributed by atoms with Gasteiger partial charge in [0.15, 0.2) is 11.5 Å². The molecule has 2 atom stereocenters. The number of ether oxygens (including phenoxy) is 2. The Kier molecular flexibility index (Phi) is 9.98. The molecule has 0 saturated carbocycles. The second-order valence-corrected chi connectivity index (χ2v) is 8.33. The predicted octanol–water partition coefficient (Wildman–Crippen LogP) is 4.25. The average Bonchev–Trinajstić information content (AvgIpc) is 2.78. The number of nitrogens with one attached hydrogen (secondary N) is 2. The van der Waals surface area contributed by atoms with Crippen LogP contribution in [0.25, 0.3) is 0 Å². The number of carbonyl (C=O) groups is 2. The van der Waals surface area contributed by atoms with Crippen molar-refractivity contribution in [2.45, 2.75) is 46.5 Å². The number of hydrogen-bond donors (Lipinski definition) is 2. The summed E-state index contributed by atoms with van der Waals surface area (Å²) < 4.78 is 10.4. The average molecular weight is 442 g/mol. The monoisotopic (exact) mass is 441 g/mol. The highest BCUT2D eigenvalue weighted by atomic mass is 16.5. The van der Waals surface area contributed by atoms with Gasteiger partial charge in [0.05, 0.1) is 20.8 Å². The minimum Gasteiger partial charge on any atom is -0.493 e. The van der Waals surface area contributed by atoms with E-state index >= 15 is 0 Å². The molecule has 0 bridgehead atoms. The maximum atomic E-state index is 12.3. The van der Waals surface area contributed by atoms with Crippen molar-refractivity contribution < 1.29 is 19.1 Å². The molecule has 1 aliphatic carbocycles. The van der Waals surface area contributed by atoms with Crippen molar-refractivity contribution in [3.63, 3.8) is 0 Å². The van der Waals surface area contributed by atoms with Crippen molar-refractivity contribution in [3.05, 3.63) is 47.1 Å². The third kappa shape index (κ3) is 7.87. The lowest BCUT2D eigenvalue weighted by molar-refractivity contribution is -0.120. The molecule has 32 heavy (non-hydrogen) atoms. The van der Waals surface area contributed by atoms with Gasteiger partial charge >= 0.3 is 0 Å². The Bertz CT molecular complexity index is 885.